The van der Waals surface area contributed by atoms with Gasteiger partial charge in [0.25, 0.3) is 0 Å². The van der Waals surface area contributed by atoms with Crippen molar-refractivity contribution in [1.82, 2.24) is 0 Å². The van der Waals surface area contributed by atoms with Crippen molar-refractivity contribution < 1.29 is 4.74 Å². The first-order valence-electron chi connectivity index (χ1n) is 6.47. The van der Waals surface area contributed by atoms with E-state index < -0.39 is 0 Å². The molecular formula is C15H25NO. The van der Waals surface area contributed by atoms with Crippen molar-refractivity contribution in [2.75, 3.05) is 6.61 Å². The van der Waals surface area contributed by atoms with Gasteiger partial charge in [-0.25, -0.2) is 0 Å². The topological polar surface area (TPSA) is 35.2 Å². The molecule has 17 heavy (non-hydrogen) atoms. The van der Waals surface area contributed by atoms with Gasteiger partial charge in [-0.1, -0.05) is 38.1 Å². The second-order valence-electron chi connectivity index (χ2n) is 5.14. The van der Waals surface area contributed by atoms with E-state index in [1.165, 1.54) is 11.1 Å². The van der Waals surface area contributed by atoms with E-state index in [0.29, 0.717) is 5.92 Å². The Bertz CT molecular complexity index is 316. The summed E-state index contributed by atoms with van der Waals surface area (Å²) >= 11 is 0. The molecule has 0 heterocycles. The van der Waals surface area contributed by atoms with Crippen LogP contribution in [0.25, 0.3) is 0 Å². The highest BCUT2D eigenvalue weighted by Gasteiger charge is 2.07. The lowest BCUT2D eigenvalue weighted by Crippen LogP contribution is -2.15. The molecule has 1 atom stereocenters. The van der Waals surface area contributed by atoms with E-state index in [-0.39, 0.29) is 12.1 Å². The predicted octanol–water partition coefficient (Wildman–Crippen LogP) is 3.62. The zero-order chi connectivity index (χ0) is 12.8. The number of ether oxygens (including phenoxy) is 1. The van der Waals surface area contributed by atoms with Gasteiger partial charge in [0.1, 0.15) is 0 Å². The van der Waals surface area contributed by atoms with Gasteiger partial charge < -0.3 is 10.5 Å². The highest BCUT2D eigenvalue weighted by atomic mass is 16.5. The lowest BCUT2D eigenvalue weighted by atomic mass is 9.98. The molecule has 2 nitrogen and oxygen atoms in total. The number of nitrogens with two attached hydrogens (primary N) is 1. The molecular weight excluding hydrogens is 210 g/mol. The van der Waals surface area contributed by atoms with Crippen LogP contribution in [0.4, 0.5) is 0 Å². The maximum Gasteiger partial charge on any atom is 0.0518 e. The zero-order valence-corrected chi connectivity index (χ0v) is 11.4. The van der Waals surface area contributed by atoms with Gasteiger partial charge in [-0.05, 0) is 37.3 Å². The van der Waals surface area contributed by atoms with Crippen LogP contribution < -0.4 is 5.73 Å². The highest BCUT2D eigenvalue weighted by Crippen LogP contribution is 2.19. The van der Waals surface area contributed by atoms with Crippen LogP contribution in [0, 0.1) is 0 Å². The van der Waals surface area contributed by atoms with Crippen molar-refractivity contribution in [1.29, 1.82) is 0 Å². The summed E-state index contributed by atoms with van der Waals surface area (Å²) in [7, 11) is 0. The third-order valence-electron chi connectivity index (χ3n) is 2.91. The van der Waals surface area contributed by atoms with Crippen LogP contribution in [-0.4, -0.2) is 12.7 Å². The van der Waals surface area contributed by atoms with Crippen LogP contribution in [0.1, 0.15) is 57.2 Å². The molecule has 0 aliphatic heterocycles. The molecule has 0 aromatic heterocycles. The van der Waals surface area contributed by atoms with Crippen LogP contribution >= 0.6 is 0 Å². The normalized spacial score (nSPS) is 13.4. The quantitative estimate of drug-likeness (QED) is 0.817. The van der Waals surface area contributed by atoms with E-state index in [0.717, 1.165) is 13.0 Å². The summed E-state index contributed by atoms with van der Waals surface area (Å²) in [6.45, 7) is 9.22. The van der Waals surface area contributed by atoms with Gasteiger partial charge >= 0.3 is 0 Å². The van der Waals surface area contributed by atoms with E-state index in [1.54, 1.807) is 0 Å². The van der Waals surface area contributed by atoms with Crippen molar-refractivity contribution >= 4 is 0 Å². The predicted molar refractivity (Wildman–Crippen MR) is 73.2 cm³/mol. The molecule has 0 saturated heterocycles. The third kappa shape index (κ3) is 4.88. The fourth-order valence-corrected chi connectivity index (χ4v) is 1.73. The molecule has 0 aliphatic rings. The number of benzene rings is 1. The summed E-state index contributed by atoms with van der Waals surface area (Å²) in [5, 5.41) is 0. The average molecular weight is 235 g/mol. The number of hydrogen-bond donors (Lipinski definition) is 1. The molecule has 2 heteroatoms. The largest absolute Gasteiger partial charge is 0.379 e. The Kier molecular flexibility index (Phi) is 5.66. The van der Waals surface area contributed by atoms with E-state index >= 15 is 0 Å². The summed E-state index contributed by atoms with van der Waals surface area (Å²) in [6.07, 6.45) is 1.16. The summed E-state index contributed by atoms with van der Waals surface area (Å²) in [6, 6.07) is 8.69. The van der Waals surface area contributed by atoms with Crippen LogP contribution in [0.2, 0.25) is 0 Å². The zero-order valence-electron chi connectivity index (χ0n) is 11.4. The minimum absolute atomic E-state index is 0.0787. The lowest BCUT2D eigenvalue weighted by molar-refractivity contribution is 0.0736. The maximum absolute atomic E-state index is 6.13. The summed E-state index contributed by atoms with van der Waals surface area (Å²) in [5.41, 5.74) is 8.68. The van der Waals surface area contributed by atoms with E-state index in [2.05, 4.69) is 38.1 Å². The molecule has 1 aromatic carbocycles. The molecule has 0 spiro atoms. The Balaban J connectivity index is 2.48. The molecule has 1 rings (SSSR count). The van der Waals surface area contributed by atoms with Crippen LogP contribution in [0.5, 0.6) is 0 Å². The molecule has 96 valence electrons. The third-order valence-corrected chi connectivity index (χ3v) is 2.91. The Hall–Kier alpha value is -0.860. The number of rotatable bonds is 6. The first kappa shape index (κ1) is 14.2. The minimum atomic E-state index is 0.0787. The summed E-state index contributed by atoms with van der Waals surface area (Å²) in [4.78, 5) is 0. The standard InChI is InChI=1S/C15H25NO/c1-11(2)13-5-7-14(8-6-13)15(16)9-10-17-12(3)4/h5-8,11-12,15H,9-10,16H2,1-4H3. The molecule has 0 saturated carbocycles. The van der Waals surface area contributed by atoms with Gasteiger partial charge in [-0.15, -0.1) is 0 Å². The Labute approximate surface area is 105 Å². The molecule has 0 amide bonds. The van der Waals surface area contributed by atoms with E-state index in [9.17, 15) is 0 Å². The minimum Gasteiger partial charge on any atom is -0.379 e. The van der Waals surface area contributed by atoms with Gasteiger partial charge in [0.05, 0.1) is 6.10 Å². The first-order valence-corrected chi connectivity index (χ1v) is 6.47. The van der Waals surface area contributed by atoms with Gasteiger partial charge in [-0.2, -0.15) is 0 Å². The monoisotopic (exact) mass is 235 g/mol. The van der Waals surface area contributed by atoms with Crippen molar-refractivity contribution in [2.24, 2.45) is 5.73 Å². The fourth-order valence-electron chi connectivity index (χ4n) is 1.73. The van der Waals surface area contributed by atoms with Gasteiger partial charge in [-0.3, -0.25) is 0 Å². The SMILES string of the molecule is CC(C)OCCC(N)c1ccc(C(C)C)cc1. The first-order chi connectivity index (χ1) is 8.00. The van der Waals surface area contributed by atoms with Crippen molar-refractivity contribution in [2.45, 2.75) is 52.2 Å². The van der Waals surface area contributed by atoms with Crippen LogP contribution in [-0.2, 0) is 4.74 Å². The molecule has 2 N–H and O–H groups in total. The highest BCUT2D eigenvalue weighted by molar-refractivity contribution is 5.26. The molecule has 0 bridgehead atoms. The van der Waals surface area contributed by atoms with Gasteiger partial charge in [0, 0.05) is 12.6 Å². The molecule has 0 fully saturated rings. The summed E-state index contributed by atoms with van der Waals surface area (Å²) in [5.74, 6) is 0.574. The number of hydrogen-bond acceptors (Lipinski definition) is 2. The Morgan fingerprint density at radius 3 is 2.00 bits per heavy atom. The average Bonchev–Trinajstić information content (AvgIpc) is 2.28. The Morgan fingerprint density at radius 2 is 1.53 bits per heavy atom. The van der Waals surface area contributed by atoms with Crippen molar-refractivity contribution in [3.8, 4) is 0 Å². The maximum atomic E-state index is 6.13. The smallest absolute Gasteiger partial charge is 0.0518 e. The lowest BCUT2D eigenvalue weighted by Gasteiger charge is -2.14. The Morgan fingerprint density at radius 1 is 1.00 bits per heavy atom. The van der Waals surface area contributed by atoms with Gasteiger partial charge in [0.15, 0.2) is 0 Å². The molecule has 1 aromatic rings. The molecule has 1 unspecified atom stereocenters. The van der Waals surface area contributed by atoms with Crippen molar-refractivity contribution in [3.63, 3.8) is 0 Å². The van der Waals surface area contributed by atoms with Crippen LogP contribution in [0.15, 0.2) is 24.3 Å². The second kappa shape index (κ2) is 6.77. The summed E-state index contributed by atoms with van der Waals surface area (Å²) < 4.78 is 5.52. The van der Waals surface area contributed by atoms with E-state index in [4.69, 9.17) is 10.5 Å². The van der Waals surface area contributed by atoms with E-state index in [1.807, 2.05) is 13.8 Å². The van der Waals surface area contributed by atoms with Gasteiger partial charge in [0.2, 0.25) is 0 Å². The molecule has 0 radical (unpaired) electrons. The molecule has 0 aliphatic carbocycles. The van der Waals surface area contributed by atoms with Crippen LogP contribution in [0.3, 0.4) is 0 Å². The fraction of sp³-hybridized carbons (Fsp3) is 0.600. The van der Waals surface area contributed by atoms with Crippen molar-refractivity contribution in [3.05, 3.63) is 35.4 Å². The second-order valence-corrected chi connectivity index (χ2v) is 5.14.